The van der Waals surface area contributed by atoms with E-state index in [0.717, 1.165) is 36.5 Å². The van der Waals surface area contributed by atoms with Crippen molar-refractivity contribution in [2.45, 2.75) is 143 Å². The Kier molecular flexibility index (Phi) is 19.2. The third-order valence-corrected chi connectivity index (χ3v) is 14.5. The number of cyclic esters (lactones) is 2. The fraction of sp³-hybridized carbons (Fsp3) is 0.706. The van der Waals surface area contributed by atoms with Gasteiger partial charge in [0.1, 0.15) is 5.60 Å². The first-order valence-electron chi connectivity index (χ1n) is 23.3. The van der Waals surface area contributed by atoms with Crippen molar-refractivity contribution in [3.8, 4) is 6.07 Å². The third kappa shape index (κ3) is 13.2. The molecule has 14 heteroatoms. The Bertz CT molecular complexity index is 1800. The van der Waals surface area contributed by atoms with Gasteiger partial charge in [0.25, 0.3) is 0 Å². The van der Waals surface area contributed by atoms with Crippen LogP contribution in [0.5, 0.6) is 0 Å². The summed E-state index contributed by atoms with van der Waals surface area (Å²) in [6.07, 6.45) is 14.2. The molecule has 10 rings (SSSR count). The molecule has 4 heterocycles. The number of hydrogen-bond donors (Lipinski definition) is 0. The van der Waals surface area contributed by atoms with Crippen molar-refractivity contribution in [3.63, 3.8) is 0 Å². The zero-order chi connectivity index (χ0) is 48.3. The van der Waals surface area contributed by atoms with Crippen LogP contribution >= 0.6 is 0 Å². The molecule has 6 aliphatic carbocycles. The lowest BCUT2D eigenvalue weighted by Crippen LogP contribution is -2.62. The lowest BCUT2D eigenvalue weighted by atomic mass is 9.47. The molecule has 0 aromatic carbocycles. The van der Waals surface area contributed by atoms with E-state index in [9.17, 15) is 28.8 Å². The molecule has 0 aromatic rings. The van der Waals surface area contributed by atoms with Crippen LogP contribution in [0.3, 0.4) is 0 Å². The minimum atomic E-state index is -0.728. The van der Waals surface area contributed by atoms with Gasteiger partial charge in [0, 0.05) is 40.5 Å². The first-order chi connectivity index (χ1) is 30.7. The number of ether oxygens (including phenoxy) is 7. The molecular weight excluding hydrogens is 835 g/mol. The minimum absolute atomic E-state index is 0.0257. The van der Waals surface area contributed by atoms with E-state index in [2.05, 4.69) is 60.4 Å². The van der Waals surface area contributed by atoms with Crippen molar-refractivity contribution in [1.82, 2.24) is 0 Å². The maximum Gasteiger partial charge on any atom is 0.347 e. The van der Waals surface area contributed by atoms with E-state index in [0.29, 0.717) is 72.0 Å². The lowest BCUT2D eigenvalue weighted by Gasteiger charge is -2.61. The summed E-state index contributed by atoms with van der Waals surface area (Å²) in [6.45, 7) is 25.7. The molecule has 10 fully saturated rings. The molecule has 0 amide bonds. The van der Waals surface area contributed by atoms with Crippen LogP contribution in [0.4, 0.5) is 0 Å². The highest BCUT2D eigenvalue weighted by Crippen LogP contribution is 2.62. The summed E-state index contributed by atoms with van der Waals surface area (Å²) in [4.78, 5) is 65.4. The first-order valence-corrected chi connectivity index (χ1v) is 23.3. The van der Waals surface area contributed by atoms with Gasteiger partial charge in [0.05, 0.1) is 51.6 Å². The quantitative estimate of drug-likeness (QED) is 0.135. The molecule has 4 saturated heterocycles. The van der Waals surface area contributed by atoms with E-state index in [1.54, 1.807) is 20.8 Å². The third-order valence-electron chi connectivity index (χ3n) is 14.5. The Balaban J connectivity index is 0.000000178. The van der Waals surface area contributed by atoms with E-state index in [1.807, 2.05) is 0 Å². The van der Waals surface area contributed by atoms with Gasteiger partial charge in [-0.15, -0.1) is 0 Å². The smallest absolute Gasteiger partial charge is 0.347 e. The van der Waals surface area contributed by atoms with E-state index in [1.165, 1.54) is 78.9 Å². The predicted octanol–water partition coefficient (Wildman–Crippen LogP) is 8.13. The molecule has 10 aliphatic rings. The monoisotopic (exact) mass is 908 g/mol. The summed E-state index contributed by atoms with van der Waals surface area (Å²) in [7, 11) is 2.66. The number of fused-ring (bicyclic) bond motifs is 7. The largest absolute Gasteiger partial charge is 0.466 e. The van der Waals surface area contributed by atoms with E-state index in [4.69, 9.17) is 24.2 Å². The van der Waals surface area contributed by atoms with Crippen LogP contribution in [0.15, 0.2) is 48.6 Å². The predicted molar refractivity (Wildman–Crippen MR) is 240 cm³/mol. The Hall–Kier alpha value is -4.77. The highest BCUT2D eigenvalue weighted by molar-refractivity contribution is 5.90. The van der Waals surface area contributed by atoms with Crippen molar-refractivity contribution in [2.24, 2.45) is 59.2 Å². The second-order valence-corrected chi connectivity index (χ2v) is 19.7. The van der Waals surface area contributed by atoms with Gasteiger partial charge in [-0.1, -0.05) is 46.6 Å². The molecule has 14 nitrogen and oxygen atoms in total. The highest BCUT2D eigenvalue weighted by Gasteiger charge is 2.61. The van der Waals surface area contributed by atoms with Crippen LogP contribution in [0.1, 0.15) is 119 Å². The molecule has 0 N–H and O–H groups in total. The van der Waals surface area contributed by atoms with E-state index in [-0.39, 0.29) is 47.1 Å². The van der Waals surface area contributed by atoms with Crippen molar-refractivity contribution in [1.29, 1.82) is 5.26 Å². The van der Waals surface area contributed by atoms with Gasteiger partial charge in [-0.05, 0) is 133 Å². The Morgan fingerprint density at radius 3 is 1.57 bits per heavy atom. The number of nitriles is 1. The number of hydrogen-bond acceptors (Lipinski definition) is 14. The van der Waals surface area contributed by atoms with Crippen LogP contribution in [0, 0.1) is 70.5 Å². The van der Waals surface area contributed by atoms with Crippen LogP contribution < -0.4 is 0 Å². The molecule has 8 unspecified atom stereocenters. The van der Waals surface area contributed by atoms with Crippen LogP contribution in [-0.2, 0) is 61.9 Å². The zero-order valence-corrected chi connectivity index (χ0v) is 40.0. The maximum atomic E-state index is 12.1. The Morgan fingerprint density at radius 2 is 1.20 bits per heavy atom. The molecule has 6 saturated carbocycles. The summed E-state index contributed by atoms with van der Waals surface area (Å²) >= 11 is 0. The van der Waals surface area contributed by atoms with Crippen molar-refractivity contribution < 1.29 is 61.9 Å². The molecule has 0 aromatic heterocycles. The standard InChI is InChI=1S/C17H26O2.C8H11N.C8H10O4.C8H10O3.2C5H8O2/c1-10(2)16(18)19-17(11(3)4)14-6-12-5-13(8-14)9-15(17)7-12;9-5-8-4-6-1-2-7(8)3-6;1-5(2)7(9)12-6-3-4-11-8(6)10;9-8-7-4(3-10-8)5-1-2-6(7)11-5;2*1-4(2)5(6)7-3/h11-15H,1,5-9H2,2-4H3;6-8H,1-4H2;6H,1,3-4H2,2H3;4-7H,1-3H2;2*1H2,2-3H3. The van der Waals surface area contributed by atoms with Crippen molar-refractivity contribution in [3.05, 3.63) is 48.6 Å². The molecule has 360 valence electrons. The number of rotatable bonds is 7. The van der Waals surface area contributed by atoms with Gasteiger partial charge >= 0.3 is 35.8 Å². The second-order valence-electron chi connectivity index (χ2n) is 19.7. The van der Waals surface area contributed by atoms with Gasteiger partial charge < -0.3 is 33.2 Å². The summed E-state index contributed by atoms with van der Waals surface area (Å²) < 4.78 is 34.6. The molecule has 0 spiro atoms. The number of carbonyl (C=O) groups excluding carboxylic acids is 6. The first kappa shape index (κ1) is 52.9. The molecule has 8 bridgehead atoms. The lowest BCUT2D eigenvalue weighted by molar-refractivity contribution is -0.221. The molecular formula is C51H73NO13. The van der Waals surface area contributed by atoms with Gasteiger partial charge in [0.2, 0.25) is 6.10 Å². The highest BCUT2D eigenvalue weighted by atomic mass is 16.6. The number of methoxy groups -OCH3 is 2. The summed E-state index contributed by atoms with van der Waals surface area (Å²) in [5.74, 6) is 4.12. The van der Waals surface area contributed by atoms with Gasteiger partial charge in [0.15, 0.2) is 0 Å². The molecule has 65 heavy (non-hydrogen) atoms. The number of nitrogens with zero attached hydrogens (tertiary/aromatic N) is 1. The minimum Gasteiger partial charge on any atom is -0.466 e. The molecule has 8 atom stereocenters. The summed E-state index contributed by atoms with van der Waals surface area (Å²) in [5.41, 5.74) is 1.48. The molecule has 4 aliphatic heterocycles. The number of carbonyl (C=O) groups is 6. The zero-order valence-electron chi connectivity index (χ0n) is 40.0. The SMILES string of the molecule is C=C(C)C(=O)OC.C=C(C)C(=O)OC.C=C(C)C(=O)OC1(C(C)C)C2CC3CC(C2)CC1C3.C=C(C)C(=O)OC1CCOC1=O.N#CC1CC2CCC1C2.O=C1OCC2C3CCC(O3)C12. The molecule has 0 radical (unpaired) electrons. The van der Waals surface area contributed by atoms with Crippen molar-refractivity contribution >= 4 is 35.8 Å². The van der Waals surface area contributed by atoms with Gasteiger partial charge in [-0.2, -0.15) is 5.26 Å². The van der Waals surface area contributed by atoms with Crippen LogP contribution in [0.25, 0.3) is 0 Å². The Morgan fingerprint density at radius 1 is 0.662 bits per heavy atom. The summed E-state index contributed by atoms with van der Waals surface area (Å²) in [6, 6.07) is 2.40. The normalized spacial score (nSPS) is 33.9. The maximum absolute atomic E-state index is 12.1. The average molecular weight is 908 g/mol. The van der Waals surface area contributed by atoms with Crippen LogP contribution in [0.2, 0.25) is 0 Å². The van der Waals surface area contributed by atoms with E-state index >= 15 is 0 Å². The Labute approximate surface area is 385 Å². The fourth-order valence-electron chi connectivity index (χ4n) is 11.5. The summed E-state index contributed by atoms with van der Waals surface area (Å²) in [5, 5.41) is 8.64. The fourth-order valence-corrected chi connectivity index (χ4v) is 11.5. The van der Waals surface area contributed by atoms with Crippen molar-refractivity contribution in [2.75, 3.05) is 27.4 Å². The van der Waals surface area contributed by atoms with Gasteiger partial charge in [-0.3, -0.25) is 4.79 Å². The second kappa shape index (κ2) is 23.6. The van der Waals surface area contributed by atoms with Crippen LogP contribution in [-0.4, -0.2) is 87.2 Å². The average Bonchev–Trinajstić information content (AvgIpc) is 4.15. The van der Waals surface area contributed by atoms with E-state index < -0.39 is 18.0 Å². The number of esters is 6. The van der Waals surface area contributed by atoms with Gasteiger partial charge in [-0.25, -0.2) is 24.0 Å². The topological polar surface area (TPSA) is 191 Å².